The molecule has 1 saturated carbocycles. The molecule has 1 aliphatic carbocycles. The van der Waals surface area contributed by atoms with Crippen LogP contribution in [0.4, 0.5) is 5.95 Å². The van der Waals surface area contributed by atoms with Crippen molar-refractivity contribution in [3.8, 4) is 0 Å². The van der Waals surface area contributed by atoms with E-state index in [1.165, 1.54) is 32.1 Å². The van der Waals surface area contributed by atoms with Crippen LogP contribution in [-0.4, -0.2) is 27.7 Å². The van der Waals surface area contributed by atoms with Crippen LogP contribution in [0, 0.1) is 6.92 Å². The maximum Gasteiger partial charge on any atom is 0.226 e. The summed E-state index contributed by atoms with van der Waals surface area (Å²) in [5.74, 6) is 0.786. The number of rotatable bonds is 4. The number of anilines is 1. The van der Waals surface area contributed by atoms with Gasteiger partial charge in [0.05, 0.1) is 12.3 Å². The van der Waals surface area contributed by atoms with E-state index in [0.717, 1.165) is 18.2 Å². The SMILES string of the molecule is CCN(c1nc(C)cc(CO)n1)C1CCCCC1. The Balaban J connectivity index is 2.22. The van der Waals surface area contributed by atoms with E-state index >= 15 is 0 Å². The predicted molar refractivity (Wildman–Crippen MR) is 72.6 cm³/mol. The van der Waals surface area contributed by atoms with E-state index in [4.69, 9.17) is 0 Å². The van der Waals surface area contributed by atoms with Gasteiger partial charge >= 0.3 is 0 Å². The first-order valence-corrected chi connectivity index (χ1v) is 6.96. The molecule has 0 bridgehead atoms. The van der Waals surface area contributed by atoms with Gasteiger partial charge in [-0.1, -0.05) is 19.3 Å². The highest BCUT2D eigenvalue weighted by molar-refractivity contribution is 5.34. The zero-order chi connectivity index (χ0) is 13.0. The highest BCUT2D eigenvalue weighted by Gasteiger charge is 2.22. The summed E-state index contributed by atoms with van der Waals surface area (Å²) >= 11 is 0. The Labute approximate surface area is 109 Å². The van der Waals surface area contributed by atoms with Crippen molar-refractivity contribution in [1.82, 2.24) is 9.97 Å². The first-order valence-electron chi connectivity index (χ1n) is 6.96. The van der Waals surface area contributed by atoms with Gasteiger partial charge in [-0.05, 0) is 32.8 Å². The largest absolute Gasteiger partial charge is 0.390 e. The summed E-state index contributed by atoms with van der Waals surface area (Å²) in [6.07, 6.45) is 6.43. The molecule has 4 heteroatoms. The standard InChI is InChI=1S/C14H23N3O/c1-3-17(13-7-5-4-6-8-13)14-15-11(2)9-12(10-18)16-14/h9,13,18H,3-8,10H2,1-2H3. The Morgan fingerprint density at radius 2 is 2.00 bits per heavy atom. The summed E-state index contributed by atoms with van der Waals surface area (Å²) in [5.41, 5.74) is 1.64. The average molecular weight is 249 g/mol. The van der Waals surface area contributed by atoms with Crippen molar-refractivity contribution >= 4 is 5.95 Å². The lowest BCUT2D eigenvalue weighted by molar-refractivity contribution is 0.276. The molecule has 0 unspecified atom stereocenters. The zero-order valence-corrected chi connectivity index (χ0v) is 11.4. The van der Waals surface area contributed by atoms with Crippen molar-refractivity contribution in [1.29, 1.82) is 0 Å². The van der Waals surface area contributed by atoms with Crippen LogP contribution >= 0.6 is 0 Å². The Morgan fingerprint density at radius 3 is 2.61 bits per heavy atom. The second-order valence-corrected chi connectivity index (χ2v) is 5.04. The van der Waals surface area contributed by atoms with Crippen molar-refractivity contribution in [2.24, 2.45) is 0 Å². The molecule has 1 aliphatic rings. The van der Waals surface area contributed by atoms with Crippen LogP contribution < -0.4 is 4.90 Å². The molecular weight excluding hydrogens is 226 g/mol. The van der Waals surface area contributed by atoms with Crippen molar-refractivity contribution in [3.05, 3.63) is 17.5 Å². The second-order valence-electron chi connectivity index (χ2n) is 5.04. The van der Waals surface area contributed by atoms with Gasteiger partial charge in [-0.25, -0.2) is 9.97 Å². The number of aromatic nitrogens is 2. The molecule has 1 fully saturated rings. The van der Waals surface area contributed by atoms with Gasteiger partial charge in [-0.15, -0.1) is 0 Å². The molecule has 100 valence electrons. The van der Waals surface area contributed by atoms with E-state index in [9.17, 15) is 5.11 Å². The van der Waals surface area contributed by atoms with E-state index in [0.29, 0.717) is 11.7 Å². The number of hydrogen-bond acceptors (Lipinski definition) is 4. The number of nitrogens with zero attached hydrogens (tertiary/aromatic N) is 3. The molecule has 0 radical (unpaired) electrons. The molecule has 0 saturated heterocycles. The van der Waals surface area contributed by atoms with Crippen LogP contribution in [0.2, 0.25) is 0 Å². The van der Waals surface area contributed by atoms with E-state index in [2.05, 4.69) is 21.8 Å². The molecular formula is C14H23N3O. The van der Waals surface area contributed by atoms with Crippen LogP contribution in [0.25, 0.3) is 0 Å². The van der Waals surface area contributed by atoms with Gasteiger partial charge in [0.1, 0.15) is 0 Å². The third kappa shape index (κ3) is 2.99. The van der Waals surface area contributed by atoms with Crippen molar-refractivity contribution < 1.29 is 5.11 Å². The minimum atomic E-state index is -0.0153. The highest BCUT2D eigenvalue weighted by Crippen LogP contribution is 2.25. The fourth-order valence-corrected chi connectivity index (χ4v) is 2.78. The lowest BCUT2D eigenvalue weighted by Crippen LogP contribution is -2.38. The molecule has 0 aromatic carbocycles. The van der Waals surface area contributed by atoms with E-state index in [-0.39, 0.29) is 6.61 Å². The molecule has 1 aromatic rings. The monoisotopic (exact) mass is 249 g/mol. The predicted octanol–water partition coefficient (Wildman–Crippen LogP) is 2.44. The second kappa shape index (κ2) is 6.14. The number of hydrogen-bond donors (Lipinski definition) is 1. The molecule has 4 nitrogen and oxygen atoms in total. The molecule has 1 aromatic heterocycles. The Morgan fingerprint density at radius 1 is 1.28 bits per heavy atom. The lowest BCUT2D eigenvalue weighted by atomic mass is 9.94. The van der Waals surface area contributed by atoms with Crippen LogP contribution in [-0.2, 0) is 6.61 Å². The van der Waals surface area contributed by atoms with Crippen molar-refractivity contribution in [3.63, 3.8) is 0 Å². The molecule has 2 rings (SSSR count). The minimum Gasteiger partial charge on any atom is -0.390 e. The van der Waals surface area contributed by atoms with Crippen LogP contribution in [0.5, 0.6) is 0 Å². The summed E-state index contributed by atoms with van der Waals surface area (Å²) in [7, 11) is 0. The maximum atomic E-state index is 9.24. The zero-order valence-electron chi connectivity index (χ0n) is 11.4. The van der Waals surface area contributed by atoms with Gasteiger partial charge in [0, 0.05) is 18.3 Å². The number of aliphatic hydroxyl groups excluding tert-OH is 1. The van der Waals surface area contributed by atoms with Gasteiger partial charge in [-0.2, -0.15) is 0 Å². The molecule has 0 aliphatic heterocycles. The normalized spacial score (nSPS) is 16.8. The minimum absolute atomic E-state index is 0.0153. The molecule has 1 heterocycles. The van der Waals surface area contributed by atoms with E-state index in [1.54, 1.807) is 0 Å². The Kier molecular flexibility index (Phi) is 4.53. The fourth-order valence-electron chi connectivity index (χ4n) is 2.78. The summed E-state index contributed by atoms with van der Waals surface area (Å²) < 4.78 is 0. The van der Waals surface area contributed by atoms with Crippen LogP contribution in [0.1, 0.15) is 50.4 Å². The first kappa shape index (κ1) is 13.3. The summed E-state index contributed by atoms with van der Waals surface area (Å²) in [5, 5.41) is 9.24. The molecule has 18 heavy (non-hydrogen) atoms. The maximum absolute atomic E-state index is 9.24. The van der Waals surface area contributed by atoms with Crippen LogP contribution in [0.15, 0.2) is 6.07 Å². The van der Waals surface area contributed by atoms with Crippen molar-refractivity contribution in [2.75, 3.05) is 11.4 Å². The van der Waals surface area contributed by atoms with Gasteiger partial charge in [0.25, 0.3) is 0 Å². The fraction of sp³-hybridized carbons (Fsp3) is 0.714. The smallest absolute Gasteiger partial charge is 0.226 e. The first-order chi connectivity index (χ1) is 8.74. The average Bonchev–Trinajstić information content (AvgIpc) is 2.40. The van der Waals surface area contributed by atoms with Gasteiger partial charge < -0.3 is 10.0 Å². The van der Waals surface area contributed by atoms with Gasteiger partial charge in [0.2, 0.25) is 5.95 Å². The van der Waals surface area contributed by atoms with E-state index in [1.807, 2.05) is 13.0 Å². The van der Waals surface area contributed by atoms with Crippen LogP contribution in [0.3, 0.4) is 0 Å². The molecule has 1 N–H and O–H groups in total. The Bertz CT molecular complexity index is 389. The number of aliphatic hydroxyl groups is 1. The lowest BCUT2D eigenvalue weighted by Gasteiger charge is -2.33. The summed E-state index contributed by atoms with van der Waals surface area (Å²) in [4.78, 5) is 11.3. The number of aryl methyl sites for hydroxylation is 1. The summed E-state index contributed by atoms with van der Waals surface area (Å²) in [6.45, 7) is 5.02. The van der Waals surface area contributed by atoms with Crippen molar-refractivity contribution in [2.45, 2.75) is 58.6 Å². The van der Waals surface area contributed by atoms with Gasteiger partial charge in [0.15, 0.2) is 0 Å². The highest BCUT2D eigenvalue weighted by atomic mass is 16.3. The molecule has 0 amide bonds. The third-order valence-electron chi connectivity index (χ3n) is 3.67. The van der Waals surface area contributed by atoms with Gasteiger partial charge in [-0.3, -0.25) is 0 Å². The molecule has 0 atom stereocenters. The third-order valence-corrected chi connectivity index (χ3v) is 3.67. The quantitative estimate of drug-likeness (QED) is 0.890. The topological polar surface area (TPSA) is 49.2 Å². The molecule has 0 spiro atoms. The van der Waals surface area contributed by atoms with E-state index < -0.39 is 0 Å². The summed E-state index contributed by atoms with van der Waals surface area (Å²) in [6, 6.07) is 2.41. The Hall–Kier alpha value is -1.16.